The fraction of sp³-hybridized carbons (Fsp3) is 0.533. The second kappa shape index (κ2) is 6.58. The quantitative estimate of drug-likeness (QED) is 0.899. The van der Waals surface area contributed by atoms with Gasteiger partial charge < -0.3 is 10.1 Å². The normalized spacial score (nSPS) is 18.9. The van der Waals surface area contributed by atoms with Gasteiger partial charge in [0, 0.05) is 18.7 Å². The molecule has 0 aliphatic carbocycles. The Balaban J connectivity index is 1.99. The third-order valence-corrected chi connectivity index (χ3v) is 5.75. The van der Waals surface area contributed by atoms with E-state index >= 15 is 0 Å². The van der Waals surface area contributed by atoms with Gasteiger partial charge in [-0.3, -0.25) is 4.79 Å². The van der Waals surface area contributed by atoms with E-state index in [0.717, 1.165) is 19.4 Å². The minimum absolute atomic E-state index is 0.0922. The molecule has 2 rings (SSSR count). The molecule has 1 atom stereocenters. The number of amides is 1. The van der Waals surface area contributed by atoms with Crippen LogP contribution in [0.5, 0.6) is 0 Å². The van der Waals surface area contributed by atoms with Gasteiger partial charge in [0.1, 0.15) is 0 Å². The zero-order valence-corrected chi connectivity index (χ0v) is 13.2. The van der Waals surface area contributed by atoms with E-state index < -0.39 is 15.1 Å². The van der Waals surface area contributed by atoms with Crippen LogP contribution < -0.4 is 5.32 Å². The zero-order valence-electron chi connectivity index (χ0n) is 12.3. The lowest BCUT2D eigenvalue weighted by molar-refractivity contribution is 0.0857. The second-order valence-corrected chi connectivity index (χ2v) is 7.97. The third kappa shape index (κ3) is 3.83. The van der Waals surface area contributed by atoms with Crippen molar-refractivity contribution < 1.29 is 17.9 Å². The molecule has 1 N–H and O–H groups in total. The molecule has 0 spiro atoms. The first-order valence-electron chi connectivity index (χ1n) is 7.15. The van der Waals surface area contributed by atoms with Crippen LogP contribution in [0.15, 0.2) is 29.2 Å². The number of hydrogen-bond acceptors (Lipinski definition) is 4. The molecule has 1 aliphatic heterocycles. The zero-order chi connectivity index (χ0) is 15.5. The Morgan fingerprint density at radius 2 is 2.00 bits per heavy atom. The van der Waals surface area contributed by atoms with E-state index in [2.05, 4.69) is 5.32 Å². The number of hydrogen-bond donors (Lipinski definition) is 1. The Hall–Kier alpha value is -1.40. The molecule has 1 fully saturated rings. The molecule has 5 nitrogen and oxygen atoms in total. The van der Waals surface area contributed by atoms with Gasteiger partial charge in [-0.1, -0.05) is 0 Å². The van der Waals surface area contributed by atoms with Crippen LogP contribution in [0.2, 0.25) is 0 Å². The van der Waals surface area contributed by atoms with E-state index in [1.165, 1.54) is 12.1 Å². The van der Waals surface area contributed by atoms with Crippen LogP contribution in [0.3, 0.4) is 0 Å². The van der Waals surface area contributed by atoms with Gasteiger partial charge >= 0.3 is 0 Å². The number of sulfone groups is 1. The number of ether oxygens (including phenoxy) is 1. The Morgan fingerprint density at radius 3 is 2.52 bits per heavy atom. The summed E-state index contributed by atoms with van der Waals surface area (Å²) in [4.78, 5) is 12.2. The molecule has 0 bridgehead atoms. The van der Waals surface area contributed by atoms with Crippen LogP contribution in [-0.2, 0) is 14.6 Å². The maximum absolute atomic E-state index is 12.0. The summed E-state index contributed by atoms with van der Waals surface area (Å²) < 4.78 is 29.4. The summed E-state index contributed by atoms with van der Waals surface area (Å²) in [6.07, 6.45) is 2.09. The number of nitrogens with one attached hydrogen (secondary N) is 1. The average Bonchev–Trinajstić information content (AvgIpc) is 2.98. The molecule has 1 amide bonds. The molecule has 1 aromatic rings. The Bertz CT molecular complexity index is 587. The summed E-state index contributed by atoms with van der Waals surface area (Å²) in [5.41, 5.74) is 0.454. The predicted molar refractivity (Wildman–Crippen MR) is 80.1 cm³/mol. The van der Waals surface area contributed by atoms with Crippen molar-refractivity contribution in [1.29, 1.82) is 0 Å². The summed E-state index contributed by atoms with van der Waals surface area (Å²) in [6.45, 7) is 4.52. The first-order chi connectivity index (χ1) is 9.91. The Labute approximate surface area is 125 Å². The minimum atomic E-state index is -3.30. The maximum Gasteiger partial charge on any atom is 0.251 e. The topological polar surface area (TPSA) is 72.5 Å². The van der Waals surface area contributed by atoms with Gasteiger partial charge in [-0.05, 0) is 51.0 Å². The van der Waals surface area contributed by atoms with E-state index in [9.17, 15) is 13.2 Å². The first kappa shape index (κ1) is 16.0. The minimum Gasteiger partial charge on any atom is -0.376 e. The van der Waals surface area contributed by atoms with Crippen LogP contribution in [0.25, 0.3) is 0 Å². The SMILES string of the molecule is CC(C)S(=O)(=O)c1ccc(C(=O)NC[C@@H]2CCCO2)cc1. The number of carbonyl (C=O) groups is 1. The Kier molecular flexibility index (Phi) is 5.00. The smallest absolute Gasteiger partial charge is 0.251 e. The molecule has 0 aromatic heterocycles. The predicted octanol–water partition coefficient (Wildman–Crippen LogP) is 1.78. The van der Waals surface area contributed by atoms with E-state index in [-0.39, 0.29) is 16.9 Å². The van der Waals surface area contributed by atoms with Gasteiger partial charge in [0.05, 0.1) is 16.2 Å². The lowest BCUT2D eigenvalue weighted by Crippen LogP contribution is -2.31. The van der Waals surface area contributed by atoms with Gasteiger partial charge in [-0.2, -0.15) is 0 Å². The highest BCUT2D eigenvalue weighted by Crippen LogP contribution is 2.16. The van der Waals surface area contributed by atoms with Crippen molar-refractivity contribution in [3.8, 4) is 0 Å². The highest BCUT2D eigenvalue weighted by molar-refractivity contribution is 7.92. The molecule has 1 aliphatic rings. The van der Waals surface area contributed by atoms with Crippen molar-refractivity contribution in [2.45, 2.75) is 42.9 Å². The summed E-state index contributed by atoms with van der Waals surface area (Å²) in [6, 6.07) is 6.05. The van der Waals surface area contributed by atoms with E-state index in [4.69, 9.17) is 4.74 Å². The third-order valence-electron chi connectivity index (χ3n) is 3.58. The fourth-order valence-electron chi connectivity index (χ4n) is 2.18. The van der Waals surface area contributed by atoms with Crippen LogP contribution in [-0.4, -0.2) is 38.8 Å². The van der Waals surface area contributed by atoms with Crippen molar-refractivity contribution in [3.05, 3.63) is 29.8 Å². The largest absolute Gasteiger partial charge is 0.376 e. The van der Waals surface area contributed by atoms with Crippen LogP contribution in [0, 0.1) is 0 Å². The van der Waals surface area contributed by atoms with E-state index in [0.29, 0.717) is 12.1 Å². The molecule has 116 valence electrons. The van der Waals surface area contributed by atoms with Crippen molar-refractivity contribution in [3.63, 3.8) is 0 Å². The molecule has 21 heavy (non-hydrogen) atoms. The summed E-state index contributed by atoms with van der Waals surface area (Å²) in [7, 11) is -3.30. The standard InChI is InChI=1S/C15H21NO4S/c1-11(2)21(18,19)14-7-5-12(6-8-14)15(17)16-10-13-4-3-9-20-13/h5-8,11,13H,3-4,9-10H2,1-2H3,(H,16,17)/t13-/m0/s1. The van der Waals surface area contributed by atoms with Crippen molar-refractivity contribution in [1.82, 2.24) is 5.32 Å². The van der Waals surface area contributed by atoms with Gasteiger partial charge in [0.15, 0.2) is 9.84 Å². The molecule has 0 unspecified atom stereocenters. The van der Waals surface area contributed by atoms with Crippen LogP contribution in [0.4, 0.5) is 0 Å². The number of carbonyl (C=O) groups excluding carboxylic acids is 1. The molecular formula is C15H21NO4S. The van der Waals surface area contributed by atoms with Crippen LogP contribution >= 0.6 is 0 Å². The number of benzene rings is 1. The monoisotopic (exact) mass is 311 g/mol. The van der Waals surface area contributed by atoms with E-state index in [1.807, 2.05) is 0 Å². The average molecular weight is 311 g/mol. The molecule has 1 aromatic carbocycles. The molecule has 0 radical (unpaired) electrons. The molecule has 0 saturated carbocycles. The summed E-state index contributed by atoms with van der Waals surface area (Å²) in [5.74, 6) is -0.209. The molecule has 1 heterocycles. The molecule has 1 saturated heterocycles. The van der Waals surface area contributed by atoms with Crippen LogP contribution in [0.1, 0.15) is 37.0 Å². The van der Waals surface area contributed by atoms with Gasteiger partial charge in [0.2, 0.25) is 0 Å². The van der Waals surface area contributed by atoms with Crippen molar-refractivity contribution in [2.75, 3.05) is 13.2 Å². The van der Waals surface area contributed by atoms with Gasteiger partial charge in [-0.25, -0.2) is 8.42 Å². The van der Waals surface area contributed by atoms with Crippen molar-refractivity contribution >= 4 is 15.7 Å². The fourth-order valence-corrected chi connectivity index (χ4v) is 3.24. The first-order valence-corrected chi connectivity index (χ1v) is 8.69. The maximum atomic E-state index is 12.0. The number of rotatable bonds is 5. The van der Waals surface area contributed by atoms with Gasteiger partial charge in [0.25, 0.3) is 5.91 Å². The summed E-state index contributed by atoms with van der Waals surface area (Å²) >= 11 is 0. The molecule has 6 heteroatoms. The Morgan fingerprint density at radius 1 is 1.33 bits per heavy atom. The second-order valence-electron chi connectivity index (χ2n) is 5.46. The highest BCUT2D eigenvalue weighted by atomic mass is 32.2. The van der Waals surface area contributed by atoms with Crippen molar-refractivity contribution in [2.24, 2.45) is 0 Å². The molecular weight excluding hydrogens is 290 g/mol. The lowest BCUT2D eigenvalue weighted by atomic mass is 10.2. The van der Waals surface area contributed by atoms with Gasteiger partial charge in [-0.15, -0.1) is 0 Å². The van der Waals surface area contributed by atoms with E-state index in [1.54, 1.807) is 26.0 Å². The lowest BCUT2D eigenvalue weighted by Gasteiger charge is -2.11. The summed E-state index contributed by atoms with van der Waals surface area (Å²) in [5, 5.41) is 2.33. The highest BCUT2D eigenvalue weighted by Gasteiger charge is 2.20.